The summed E-state index contributed by atoms with van der Waals surface area (Å²) in [4.78, 5) is 6.64. The van der Waals surface area contributed by atoms with E-state index < -0.39 is 6.10 Å². The zero-order valence-electron chi connectivity index (χ0n) is 21.9. The van der Waals surface area contributed by atoms with E-state index in [-0.39, 0.29) is 12.6 Å². The Morgan fingerprint density at radius 2 is 1.74 bits per heavy atom. The van der Waals surface area contributed by atoms with Gasteiger partial charge in [0.2, 0.25) is 5.88 Å². The molecule has 6 nitrogen and oxygen atoms in total. The Morgan fingerprint density at radius 3 is 2.54 bits per heavy atom. The van der Waals surface area contributed by atoms with Gasteiger partial charge in [-0.15, -0.1) is 0 Å². The average molecular weight is 520 g/mol. The first-order valence-electron chi connectivity index (χ1n) is 13.5. The summed E-state index contributed by atoms with van der Waals surface area (Å²) >= 11 is 0. The number of benzene rings is 3. The molecule has 0 saturated heterocycles. The highest BCUT2D eigenvalue weighted by molar-refractivity contribution is 5.43. The number of hydrogen-bond acceptors (Lipinski definition) is 6. The molecular weight excluding hydrogens is 486 g/mol. The number of ether oxygens (including phenoxy) is 2. The second-order valence-corrected chi connectivity index (χ2v) is 9.94. The zero-order chi connectivity index (χ0) is 26.9. The second-order valence-electron chi connectivity index (χ2n) is 9.94. The molecule has 4 aromatic rings. The van der Waals surface area contributed by atoms with Crippen LogP contribution in [0.1, 0.15) is 35.1 Å². The highest BCUT2D eigenvalue weighted by atomic mass is 16.5. The van der Waals surface area contributed by atoms with Gasteiger partial charge in [-0.1, -0.05) is 54.6 Å². The number of nitriles is 1. The van der Waals surface area contributed by atoms with Crippen LogP contribution in [-0.2, 0) is 19.4 Å². The number of nitrogens with zero attached hydrogens (tertiary/aromatic N) is 3. The third kappa shape index (κ3) is 7.23. The van der Waals surface area contributed by atoms with E-state index in [9.17, 15) is 10.4 Å². The number of aliphatic hydroxyl groups is 1. The Balaban J connectivity index is 1.33. The number of aryl methyl sites for hydroxylation is 1. The molecule has 0 fully saturated rings. The third-order valence-corrected chi connectivity index (χ3v) is 7.10. The van der Waals surface area contributed by atoms with Crippen molar-refractivity contribution in [3.05, 3.63) is 119 Å². The van der Waals surface area contributed by atoms with E-state index >= 15 is 0 Å². The predicted molar refractivity (Wildman–Crippen MR) is 151 cm³/mol. The molecule has 2 unspecified atom stereocenters. The van der Waals surface area contributed by atoms with E-state index in [1.54, 1.807) is 18.3 Å². The molecule has 1 N–H and O–H groups in total. The fourth-order valence-electron chi connectivity index (χ4n) is 5.16. The number of fused-ring (bicyclic) bond motifs is 1. The molecule has 3 aromatic carbocycles. The minimum absolute atomic E-state index is 0.238. The van der Waals surface area contributed by atoms with Crippen molar-refractivity contribution >= 4 is 0 Å². The van der Waals surface area contributed by atoms with Crippen molar-refractivity contribution in [2.24, 2.45) is 0 Å². The van der Waals surface area contributed by atoms with Gasteiger partial charge in [0.1, 0.15) is 35.8 Å². The Kier molecular flexibility index (Phi) is 8.85. The van der Waals surface area contributed by atoms with Crippen LogP contribution in [0, 0.1) is 11.3 Å². The van der Waals surface area contributed by atoms with Crippen LogP contribution in [0.3, 0.4) is 0 Å². The molecule has 6 heteroatoms. The second kappa shape index (κ2) is 13.1. The highest BCUT2D eigenvalue weighted by Crippen LogP contribution is 2.30. The number of para-hydroxylation sites is 1. The lowest BCUT2D eigenvalue weighted by Crippen LogP contribution is -2.42. The predicted octanol–water partition coefficient (Wildman–Crippen LogP) is 5.94. The van der Waals surface area contributed by atoms with Gasteiger partial charge in [0.15, 0.2) is 0 Å². The lowest BCUT2D eigenvalue weighted by atomic mass is 10.00. The van der Waals surface area contributed by atoms with Gasteiger partial charge in [0.25, 0.3) is 0 Å². The topological polar surface area (TPSA) is 78.6 Å². The van der Waals surface area contributed by atoms with Gasteiger partial charge in [-0.3, -0.25) is 4.90 Å². The quantitative estimate of drug-likeness (QED) is 0.262. The Hall–Kier alpha value is -4.18. The van der Waals surface area contributed by atoms with Gasteiger partial charge < -0.3 is 14.6 Å². The number of aliphatic hydroxyl groups excluding tert-OH is 1. The molecular formula is C33H33N3O3. The van der Waals surface area contributed by atoms with Crippen LogP contribution >= 0.6 is 0 Å². The van der Waals surface area contributed by atoms with E-state index in [4.69, 9.17) is 9.47 Å². The fraction of sp³-hybridized carbons (Fsp3) is 0.273. The summed E-state index contributed by atoms with van der Waals surface area (Å²) in [5.74, 6) is 1.75. The first-order chi connectivity index (χ1) is 19.2. The van der Waals surface area contributed by atoms with Crippen molar-refractivity contribution in [2.45, 2.75) is 44.4 Å². The van der Waals surface area contributed by atoms with Crippen molar-refractivity contribution in [3.63, 3.8) is 0 Å². The molecule has 0 saturated carbocycles. The van der Waals surface area contributed by atoms with Gasteiger partial charge in [-0.2, -0.15) is 5.26 Å². The van der Waals surface area contributed by atoms with E-state index in [1.807, 2.05) is 42.5 Å². The Labute approximate surface area is 230 Å². The van der Waals surface area contributed by atoms with Gasteiger partial charge in [-0.05, 0) is 78.8 Å². The third-order valence-electron chi connectivity index (χ3n) is 7.10. The lowest BCUT2D eigenvalue weighted by molar-refractivity contribution is 0.0463. The molecule has 0 radical (unpaired) electrons. The molecule has 0 aliphatic heterocycles. The summed E-state index contributed by atoms with van der Waals surface area (Å²) in [6, 6.07) is 32.0. The van der Waals surface area contributed by atoms with Crippen LogP contribution in [0.15, 0.2) is 97.2 Å². The van der Waals surface area contributed by atoms with Crippen LogP contribution in [0.4, 0.5) is 0 Å². The van der Waals surface area contributed by atoms with Crippen LogP contribution in [0.5, 0.6) is 17.4 Å². The molecule has 2 atom stereocenters. The van der Waals surface area contributed by atoms with Crippen molar-refractivity contribution in [2.75, 3.05) is 13.2 Å². The number of rotatable bonds is 10. The van der Waals surface area contributed by atoms with Gasteiger partial charge in [0.05, 0.1) is 0 Å². The van der Waals surface area contributed by atoms with E-state index in [1.165, 1.54) is 16.7 Å². The van der Waals surface area contributed by atoms with Crippen LogP contribution in [-0.4, -0.2) is 40.3 Å². The van der Waals surface area contributed by atoms with Crippen LogP contribution in [0.25, 0.3) is 0 Å². The SMILES string of the molecule is N#Cc1cccnc1Oc1ccc2c(c1)CC(N(Cc1ccccc1)CC(O)COc1ccccc1)CCC2. The highest BCUT2D eigenvalue weighted by Gasteiger charge is 2.25. The van der Waals surface area contributed by atoms with Crippen molar-refractivity contribution in [1.82, 2.24) is 9.88 Å². The molecule has 1 aromatic heterocycles. The fourth-order valence-corrected chi connectivity index (χ4v) is 5.16. The first kappa shape index (κ1) is 26.4. The van der Waals surface area contributed by atoms with Gasteiger partial charge in [0, 0.05) is 25.3 Å². The van der Waals surface area contributed by atoms with Crippen LogP contribution < -0.4 is 9.47 Å². The number of pyridine rings is 1. The minimum Gasteiger partial charge on any atom is -0.491 e. The molecule has 0 spiro atoms. The van der Waals surface area contributed by atoms with Gasteiger partial charge >= 0.3 is 0 Å². The van der Waals surface area contributed by atoms with E-state index in [0.29, 0.717) is 23.7 Å². The van der Waals surface area contributed by atoms with Crippen molar-refractivity contribution in [3.8, 4) is 23.4 Å². The first-order valence-corrected chi connectivity index (χ1v) is 13.5. The molecule has 0 bridgehead atoms. The van der Waals surface area contributed by atoms with E-state index in [2.05, 4.69) is 52.4 Å². The molecule has 1 heterocycles. The molecule has 1 aliphatic carbocycles. The molecule has 5 rings (SSSR count). The lowest BCUT2D eigenvalue weighted by Gasteiger charge is -2.33. The molecule has 0 amide bonds. The van der Waals surface area contributed by atoms with Gasteiger partial charge in [-0.25, -0.2) is 4.98 Å². The minimum atomic E-state index is -0.625. The Bertz CT molecular complexity index is 1390. The maximum absolute atomic E-state index is 11.0. The molecule has 39 heavy (non-hydrogen) atoms. The molecule has 198 valence electrons. The maximum atomic E-state index is 11.0. The molecule has 1 aliphatic rings. The summed E-state index contributed by atoms with van der Waals surface area (Å²) < 4.78 is 11.9. The summed E-state index contributed by atoms with van der Waals surface area (Å²) in [7, 11) is 0. The van der Waals surface area contributed by atoms with Crippen molar-refractivity contribution in [1.29, 1.82) is 5.26 Å². The summed E-state index contributed by atoms with van der Waals surface area (Å²) in [6.45, 7) is 1.50. The van der Waals surface area contributed by atoms with E-state index in [0.717, 1.165) is 38.0 Å². The standard InChI is InChI=1S/C33H33N3O3/c34-21-27-12-8-18-35-33(27)39-32-17-16-26-11-7-13-29(19-28(26)20-32)36(22-25-9-3-1-4-10-25)23-30(37)24-38-31-14-5-2-6-15-31/h1-6,8-10,12,14-18,20,29-30,37H,7,11,13,19,22-24H2. The average Bonchev–Trinajstić information content (AvgIpc) is 3.19. The number of hydrogen-bond donors (Lipinski definition) is 1. The largest absolute Gasteiger partial charge is 0.491 e. The maximum Gasteiger partial charge on any atom is 0.237 e. The summed E-state index contributed by atoms with van der Waals surface area (Å²) in [5, 5.41) is 20.4. The normalized spacial score (nSPS) is 15.6. The van der Waals surface area contributed by atoms with Crippen LogP contribution in [0.2, 0.25) is 0 Å². The summed E-state index contributed by atoms with van der Waals surface area (Å²) in [5.41, 5.74) is 4.18. The monoisotopic (exact) mass is 519 g/mol. The Morgan fingerprint density at radius 1 is 0.949 bits per heavy atom. The zero-order valence-corrected chi connectivity index (χ0v) is 21.9. The smallest absolute Gasteiger partial charge is 0.237 e. The van der Waals surface area contributed by atoms with Crippen molar-refractivity contribution < 1.29 is 14.6 Å². The number of aromatic nitrogens is 1. The summed E-state index contributed by atoms with van der Waals surface area (Å²) in [6.07, 6.45) is 4.95.